The van der Waals surface area contributed by atoms with Gasteiger partial charge in [-0.1, -0.05) is 0 Å². The van der Waals surface area contributed by atoms with Crippen molar-refractivity contribution in [1.29, 1.82) is 0 Å². The van der Waals surface area contributed by atoms with Crippen molar-refractivity contribution in [3.8, 4) is 0 Å². The first kappa shape index (κ1) is 29.7. The van der Waals surface area contributed by atoms with Crippen molar-refractivity contribution in [3.63, 3.8) is 0 Å². The van der Waals surface area contributed by atoms with E-state index in [2.05, 4.69) is 24.6 Å². The van der Waals surface area contributed by atoms with Gasteiger partial charge in [0.05, 0.1) is 23.0 Å². The van der Waals surface area contributed by atoms with Crippen LogP contribution in [0.5, 0.6) is 0 Å². The summed E-state index contributed by atoms with van der Waals surface area (Å²) < 4.78 is 11.3. The quantitative estimate of drug-likeness (QED) is 0.110. The number of hydrogen-bond donors (Lipinski definition) is 1. The fourth-order valence-electron chi connectivity index (χ4n) is 5.37. The molecule has 1 N–H and O–H groups in total. The fraction of sp³-hybridized carbons (Fsp3) is 0.538. The van der Waals surface area contributed by atoms with Gasteiger partial charge in [-0.15, -0.1) is 11.8 Å². The monoisotopic (exact) mass is 590 g/mol. The molecule has 0 spiro atoms. The van der Waals surface area contributed by atoms with Crippen molar-refractivity contribution in [2.45, 2.75) is 70.3 Å². The van der Waals surface area contributed by atoms with Crippen molar-refractivity contribution in [3.05, 3.63) is 50.5 Å². The zero-order valence-electron chi connectivity index (χ0n) is 23.2. The normalized spacial score (nSPS) is 23.7. The molecule has 1 aromatic carbocycles. The zero-order valence-corrected chi connectivity index (χ0v) is 25.0. The largest absolute Gasteiger partial charge is 0.477 e. The van der Waals surface area contributed by atoms with Gasteiger partial charge >= 0.3 is 12.1 Å². The lowest BCUT2D eigenvalue weighted by Crippen LogP contribution is -2.63. The van der Waals surface area contributed by atoms with E-state index < -0.39 is 25.3 Å². The highest BCUT2D eigenvalue weighted by Gasteiger charge is 2.57. The van der Waals surface area contributed by atoms with E-state index in [9.17, 15) is 29.6 Å². The standard InChI is InChI=1S/C26H34N4O8SSi/c1-15(38-40(3,4)5)22-20-12-21(23(25(32)33)29(20)24(22)31)39-19-10-11-28(13-19)16(2)27-26(34)37-14-17-6-8-18(9-7-17)30(35)36/h6-9,15,19-20,22H,10-14H2,1-5H3,(H,32,33)/t15-,19+,20+,22-/m1/s1. The van der Waals surface area contributed by atoms with Crippen LogP contribution in [-0.4, -0.2) is 82.4 Å². The number of carboxylic acids is 1. The number of likely N-dealkylation sites (tertiary alicyclic amines) is 1. The highest BCUT2D eigenvalue weighted by molar-refractivity contribution is 8.03. The Labute approximate surface area is 237 Å². The van der Waals surface area contributed by atoms with Crippen LogP contribution in [0.2, 0.25) is 19.6 Å². The zero-order chi connectivity index (χ0) is 29.4. The number of aliphatic carboxylic acids is 1. The molecule has 40 heavy (non-hydrogen) atoms. The SMILES string of the molecule is CC(=NC(=O)OCc1ccc([N+](=O)[O-])cc1)N1CC[C@H](SC2=C(C(=O)O)N3C(=O)[C@H]([C@@H](C)O[Si](C)(C)C)[C@@H]3C2)C1. The number of carbonyl (C=O) groups is 3. The first-order valence-electron chi connectivity index (χ1n) is 13.1. The Hall–Kier alpha value is -3.23. The first-order chi connectivity index (χ1) is 18.7. The number of β-lactam (4-membered cyclic amide) rings is 1. The molecule has 0 aromatic heterocycles. The summed E-state index contributed by atoms with van der Waals surface area (Å²) in [6.45, 7) is 11.0. The smallest absolute Gasteiger partial charge is 0.435 e. The molecule has 0 aliphatic carbocycles. The number of carbonyl (C=O) groups excluding carboxylic acids is 2. The average Bonchev–Trinajstić information content (AvgIpc) is 3.45. The van der Waals surface area contributed by atoms with Crippen LogP contribution in [0.3, 0.4) is 0 Å². The van der Waals surface area contributed by atoms with Gasteiger partial charge in [-0.05, 0) is 57.6 Å². The summed E-state index contributed by atoms with van der Waals surface area (Å²) in [5.74, 6) is -1.14. The van der Waals surface area contributed by atoms with Crippen molar-refractivity contribution >= 4 is 49.6 Å². The number of thioether (sulfide) groups is 1. The summed E-state index contributed by atoms with van der Waals surface area (Å²) in [4.78, 5) is 55.7. The van der Waals surface area contributed by atoms with E-state index >= 15 is 0 Å². The van der Waals surface area contributed by atoms with Crippen LogP contribution < -0.4 is 0 Å². The molecule has 3 aliphatic heterocycles. The minimum Gasteiger partial charge on any atom is -0.477 e. The molecule has 0 unspecified atom stereocenters. The van der Waals surface area contributed by atoms with Crippen molar-refractivity contribution in [2.75, 3.05) is 13.1 Å². The number of hydrogen-bond acceptors (Lipinski definition) is 8. The van der Waals surface area contributed by atoms with Crippen LogP contribution in [0.1, 0.15) is 32.3 Å². The number of benzene rings is 1. The second kappa shape index (κ2) is 11.7. The molecular formula is C26H34N4O8SSi. The Bertz CT molecular complexity index is 1260. The maximum Gasteiger partial charge on any atom is 0.435 e. The van der Waals surface area contributed by atoms with Gasteiger partial charge in [0.2, 0.25) is 5.91 Å². The van der Waals surface area contributed by atoms with Gasteiger partial charge in [-0.3, -0.25) is 14.9 Å². The Morgan fingerprint density at radius 3 is 2.55 bits per heavy atom. The third-order valence-electron chi connectivity index (χ3n) is 7.09. The van der Waals surface area contributed by atoms with E-state index in [1.165, 1.54) is 40.9 Å². The number of rotatable bonds is 9. The Morgan fingerprint density at radius 2 is 1.95 bits per heavy atom. The first-order valence-corrected chi connectivity index (χ1v) is 17.4. The van der Waals surface area contributed by atoms with Crippen LogP contribution in [0.4, 0.5) is 10.5 Å². The molecule has 1 aromatic rings. The van der Waals surface area contributed by atoms with Gasteiger partial charge in [0.15, 0.2) is 8.32 Å². The Balaban J connectivity index is 1.32. The topological polar surface area (TPSA) is 152 Å². The van der Waals surface area contributed by atoms with Gasteiger partial charge in [0.25, 0.3) is 5.69 Å². The maximum absolute atomic E-state index is 13.0. The molecule has 0 saturated carbocycles. The third kappa shape index (κ3) is 6.55. The second-order valence-corrected chi connectivity index (χ2v) is 17.0. The predicted octanol–water partition coefficient (Wildman–Crippen LogP) is 4.22. The van der Waals surface area contributed by atoms with Gasteiger partial charge in [0, 0.05) is 41.8 Å². The number of fused-ring (bicyclic) bond motifs is 1. The second-order valence-electron chi connectivity index (χ2n) is 11.1. The number of nitro benzene ring substituents is 1. The van der Waals surface area contributed by atoms with E-state index in [1.54, 1.807) is 6.92 Å². The van der Waals surface area contributed by atoms with Gasteiger partial charge < -0.3 is 24.1 Å². The minimum atomic E-state index is -1.86. The summed E-state index contributed by atoms with van der Waals surface area (Å²) in [6, 6.07) is 5.53. The number of nitro groups is 1. The molecule has 3 heterocycles. The molecule has 0 bridgehead atoms. The molecule has 12 nitrogen and oxygen atoms in total. The lowest BCUT2D eigenvalue weighted by atomic mass is 9.83. The van der Waals surface area contributed by atoms with Gasteiger partial charge in [-0.25, -0.2) is 9.59 Å². The number of nitrogens with zero attached hydrogens (tertiary/aromatic N) is 4. The summed E-state index contributed by atoms with van der Waals surface area (Å²) in [5.41, 5.74) is 0.640. The van der Waals surface area contributed by atoms with Crippen molar-refractivity contribution in [2.24, 2.45) is 10.9 Å². The highest BCUT2D eigenvalue weighted by Crippen LogP contribution is 2.49. The summed E-state index contributed by atoms with van der Waals surface area (Å²) in [6.07, 6.45) is 0.242. The Morgan fingerprint density at radius 1 is 1.27 bits per heavy atom. The predicted molar refractivity (Wildman–Crippen MR) is 151 cm³/mol. The molecule has 4 rings (SSSR count). The molecular weight excluding hydrogens is 556 g/mol. The Kier molecular flexibility index (Phi) is 8.71. The fourth-order valence-corrected chi connectivity index (χ4v) is 8.07. The van der Waals surface area contributed by atoms with Crippen LogP contribution in [0, 0.1) is 16.0 Å². The minimum absolute atomic E-state index is 0.0453. The maximum atomic E-state index is 13.0. The number of ether oxygens (including phenoxy) is 1. The highest BCUT2D eigenvalue weighted by atomic mass is 32.2. The third-order valence-corrected chi connectivity index (χ3v) is 9.53. The molecule has 216 valence electrons. The van der Waals surface area contributed by atoms with Crippen LogP contribution in [-0.2, 0) is 25.4 Å². The number of non-ortho nitro benzene ring substituents is 1. The van der Waals surface area contributed by atoms with E-state index in [0.29, 0.717) is 35.8 Å². The molecule has 2 saturated heterocycles. The molecule has 0 radical (unpaired) electrons. The van der Waals surface area contributed by atoms with E-state index in [4.69, 9.17) is 9.16 Å². The van der Waals surface area contributed by atoms with E-state index in [1.807, 2.05) is 11.8 Å². The van der Waals surface area contributed by atoms with E-state index in [0.717, 1.165) is 6.42 Å². The molecule has 3 aliphatic rings. The van der Waals surface area contributed by atoms with Crippen molar-refractivity contribution < 1.29 is 33.6 Å². The summed E-state index contributed by atoms with van der Waals surface area (Å²) in [5, 5.41) is 20.8. The summed E-state index contributed by atoms with van der Waals surface area (Å²) >= 11 is 1.49. The van der Waals surface area contributed by atoms with Crippen LogP contribution >= 0.6 is 11.8 Å². The summed E-state index contributed by atoms with van der Waals surface area (Å²) in [7, 11) is -1.86. The molecule has 2 fully saturated rings. The average molecular weight is 591 g/mol. The number of amides is 2. The van der Waals surface area contributed by atoms with Crippen LogP contribution in [0.15, 0.2) is 39.9 Å². The molecule has 14 heteroatoms. The molecule has 4 atom stereocenters. The lowest BCUT2D eigenvalue weighted by Gasteiger charge is -2.46. The number of amidine groups is 1. The number of aliphatic imine (C=N–C) groups is 1. The van der Waals surface area contributed by atoms with Crippen LogP contribution in [0.25, 0.3) is 0 Å². The van der Waals surface area contributed by atoms with Crippen molar-refractivity contribution in [1.82, 2.24) is 9.80 Å². The molecule has 2 amide bonds. The lowest BCUT2D eigenvalue weighted by molar-refractivity contribution is -0.384. The van der Waals surface area contributed by atoms with Gasteiger partial charge in [0.1, 0.15) is 18.1 Å². The van der Waals surface area contributed by atoms with E-state index in [-0.39, 0.29) is 47.2 Å². The number of carboxylic acid groups (broad SMARTS) is 1. The van der Waals surface area contributed by atoms with Gasteiger partial charge in [-0.2, -0.15) is 4.99 Å².